The van der Waals surface area contributed by atoms with E-state index >= 15 is 0 Å². The van der Waals surface area contributed by atoms with Crippen molar-refractivity contribution in [3.05, 3.63) is 52.9 Å². The molecule has 0 atom stereocenters. The minimum absolute atomic E-state index is 0.344. The van der Waals surface area contributed by atoms with Gasteiger partial charge in [0.05, 0.1) is 11.3 Å². The molecule has 0 bridgehead atoms. The van der Waals surface area contributed by atoms with Gasteiger partial charge >= 0.3 is 5.69 Å². The topological polar surface area (TPSA) is 64.2 Å². The molecule has 2 aromatic rings. The fourth-order valence-corrected chi connectivity index (χ4v) is 2.83. The van der Waals surface area contributed by atoms with Gasteiger partial charge < -0.3 is 9.47 Å². The number of imidazole rings is 1. The Kier molecular flexibility index (Phi) is 3.55. The monoisotopic (exact) mass is 290 g/mol. The van der Waals surface area contributed by atoms with E-state index in [-0.39, 0.29) is 0 Å². The third-order valence-electron chi connectivity index (χ3n) is 3.90. The fourth-order valence-electron chi connectivity index (χ4n) is 2.83. The Morgan fingerprint density at radius 3 is 2.71 bits per heavy atom. The molecule has 3 rings (SSSR count). The quantitative estimate of drug-likeness (QED) is 0.644. The normalized spacial score (nSPS) is 16.1. The molecule has 7 heteroatoms. The first kappa shape index (κ1) is 13.5. The van der Waals surface area contributed by atoms with Crippen LogP contribution in [0.1, 0.15) is 18.9 Å². The number of para-hydroxylation sites is 1. The summed E-state index contributed by atoms with van der Waals surface area (Å²) in [5, 5.41) is 11.1. The van der Waals surface area contributed by atoms with E-state index in [4.69, 9.17) is 0 Å². The molecule has 0 spiro atoms. The van der Waals surface area contributed by atoms with Gasteiger partial charge in [-0.15, -0.1) is 0 Å². The largest absolute Gasteiger partial charge is 0.366 e. The Morgan fingerprint density at radius 2 is 2.10 bits per heavy atom. The van der Waals surface area contributed by atoms with Gasteiger partial charge in [0.15, 0.2) is 0 Å². The van der Waals surface area contributed by atoms with Gasteiger partial charge in [0.25, 0.3) is 0 Å². The van der Waals surface area contributed by atoms with Crippen molar-refractivity contribution in [1.29, 1.82) is 0 Å². The average Bonchev–Trinajstić information content (AvgIpc) is 3.01. The number of benzene rings is 1. The highest BCUT2D eigenvalue weighted by molar-refractivity contribution is 5.64. The number of nitrogens with zero attached hydrogens (tertiary/aromatic N) is 4. The zero-order valence-electron chi connectivity index (χ0n) is 11.4. The number of nitro benzene ring substituents is 1. The minimum Gasteiger partial charge on any atom is -0.366 e. The lowest BCUT2D eigenvalue weighted by molar-refractivity contribution is -0.386. The summed E-state index contributed by atoms with van der Waals surface area (Å²) in [6.45, 7) is 1.32. The molecule has 1 aliphatic rings. The number of halogens is 1. The minimum atomic E-state index is -0.783. The van der Waals surface area contributed by atoms with E-state index in [2.05, 4.69) is 9.55 Å². The zero-order chi connectivity index (χ0) is 14.8. The smallest absolute Gasteiger partial charge is 0.327 e. The maximum atomic E-state index is 13.7. The number of hydrogen-bond acceptors (Lipinski definition) is 4. The van der Waals surface area contributed by atoms with E-state index in [0.29, 0.717) is 24.8 Å². The van der Waals surface area contributed by atoms with Crippen LogP contribution in [-0.2, 0) is 0 Å². The Bertz CT molecular complexity index is 636. The molecule has 0 saturated carbocycles. The maximum Gasteiger partial charge on any atom is 0.327 e. The molecule has 2 heterocycles. The van der Waals surface area contributed by atoms with Crippen LogP contribution < -0.4 is 4.90 Å². The first-order valence-electron chi connectivity index (χ1n) is 6.82. The van der Waals surface area contributed by atoms with E-state index in [0.717, 1.165) is 18.9 Å². The number of hydrogen-bond donors (Lipinski definition) is 0. The van der Waals surface area contributed by atoms with Crippen molar-refractivity contribution >= 4 is 11.4 Å². The molecule has 1 saturated heterocycles. The zero-order valence-corrected chi connectivity index (χ0v) is 11.4. The van der Waals surface area contributed by atoms with Crippen molar-refractivity contribution in [3.63, 3.8) is 0 Å². The molecule has 0 N–H and O–H groups in total. The molecule has 0 aliphatic carbocycles. The van der Waals surface area contributed by atoms with Crippen molar-refractivity contribution in [2.75, 3.05) is 18.0 Å². The van der Waals surface area contributed by atoms with Gasteiger partial charge in [-0.25, -0.2) is 4.98 Å². The summed E-state index contributed by atoms with van der Waals surface area (Å²) in [7, 11) is 0. The summed E-state index contributed by atoms with van der Waals surface area (Å²) in [6, 6.07) is 4.59. The Labute approximate surface area is 121 Å². The van der Waals surface area contributed by atoms with E-state index in [1.54, 1.807) is 18.6 Å². The molecule has 1 aromatic carbocycles. The van der Waals surface area contributed by atoms with Crippen LogP contribution in [0, 0.1) is 15.9 Å². The highest BCUT2D eigenvalue weighted by Crippen LogP contribution is 2.34. The Hall–Kier alpha value is -2.44. The SMILES string of the molecule is O=[N+]([O-])c1c(F)cccc1N1CCC(n2ccnc2)CC1. The molecule has 1 fully saturated rings. The predicted octanol–water partition coefficient (Wildman–Crippen LogP) is 2.77. The molecule has 1 aliphatic heterocycles. The van der Waals surface area contributed by atoms with Crippen molar-refractivity contribution in [1.82, 2.24) is 9.55 Å². The highest BCUT2D eigenvalue weighted by atomic mass is 19.1. The average molecular weight is 290 g/mol. The van der Waals surface area contributed by atoms with E-state index in [1.165, 1.54) is 6.07 Å². The summed E-state index contributed by atoms with van der Waals surface area (Å²) in [5.74, 6) is -0.783. The third-order valence-corrected chi connectivity index (χ3v) is 3.90. The van der Waals surface area contributed by atoms with Crippen molar-refractivity contribution in [3.8, 4) is 0 Å². The van der Waals surface area contributed by atoms with Crippen LogP contribution >= 0.6 is 0 Å². The molecular weight excluding hydrogens is 275 g/mol. The van der Waals surface area contributed by atoms with Gasteiger partial charge in [0.1, 0.15) is 5.69 Å². The lowest BCUT2D eigenvalue weighted by Crippen LogP contribution is -2.34. The van der Waals surface area contributed by atoms with Crippen LogP contribution in [-0.4, -0.2) is 27.6 Å². The standard InChI is InChI=1S/C14H15FN4O2/c15-12-2-1-3-13(14(12)19(20)21)17-7-4-11(5-8-17)18-9-6-16-10-18/h1-3,6,9-11H,4-5,7-8H2. The molecular formula is C14H15FN4O2. The van der Waals surface area contributed by atoms with Crippen LogP contribution in [0.3, 0.4) is 0 Å². The molecule has 1 aromatic heterocycles. The second-order valence-electron chi connectivity index (χ2n) is 5.09. The van der Waals surface area contributed by atoms with Crippen LogP contribution in [0.2, 0.25) is 0 Å². The van der Waals surface area contributed by atoms with Gasteiger partial charge in [0.2, 0.25) is 5.82 Å². The van der Waals surface area contributed by atoms with E-state index in [9.17, 15) is 14.5 Å². The summed E-state index contributed by atoms with van der Waals surface area (Å²) >= 11 is 0. The Balaban J connectivity index is 1.78. The van der Waals surface area contributed by atoms with Gasteiger partial charge in [-0.05, 0) is 25.0 Å². The number of nitro groups is 1. The number of rotatable bonds is 3. The van der Waals surface area contributed by atoms with Crippen LogP contribution in [0.5, 0.6) is 0 Å². The van der Waals surface area contributed by atoms with Crippen LogP contribution in [0.4, 0.5) is 15.8 Å². The fraction of sp³-hybridized carbons (Fsp3) is 0.357. The summed E-state index contributed by atoms with van der Waals surface area (Å²) in [6.07, 6.45) is 7.15. The second kappa shape index (κ2) is 5.51. The molecule has 21 heavy (non-hydrogen) atoms. The van der Waals surface area contributed by atoms with Gasteiger partial charge in [-0.3, -0.25) is 10.1 Å². The molecule has 6 nitrogen and oxygen atoms in total. The van der Waals surface area contributed by atoms with E-state index in [1.807, 2.05) is 11.1 Å². The van der Waals surface area contributed by atoms with Crippen LogP contribution in [0.15, 0.2) is 36.9 Å². The highest BCUT2D eigenvalue weighted by Gasteiger charge is 2.27. The number of aromatic nitrogens is 2. The molecule has 0 amide bonds. The van der Waals surface area contributed by atoms with Gasteiger partial charge in [-0.1, -0.05) is 6.07 Å². The van der Waals surface area contributed by atoms with Crippen molar-refractivity contribution in [2.24, 2.45) is 0 Å². The molecule has 110 valence electrons. The summed E-state index contributed by atoms with van der Waals surface area (Å²) < 4.78 is 15.7. The summed E-state index contributed by atoms with van der Waals surface area (Å²) in [5.41, 5.74) is -0.0670. The molecule has 0 unspecified atom stereocenters. The Morgan fingerprint density at radius 1 is 1.33 bits per heavy atom. The first-order valence-corrected chi connectivity index (χ1v) is 6.82. The molecule has 0 radical (unpaired) electrons. The van der Waals surface area contributed by atoms with Crippen molar-refractivity contribution < 1.29 is 9.31 Å². The lowest BCUT2D eigenvalue weighted by Gasteiger charge is -2.33. The maximum absolute atomic E-state index is 13.7. The van der Waals surface area contributed by atoms with E-state index < -0.39 is 16.4 Å². The second-order valence-corrected chi connectivity index (χ2v) is 5.09. The number of piperidine rings is 1. The van der Waals surface area contributed by atoms with Gasteiger partial charge in [0, 0.05) is 31.5 Å². The predicted molar refractivity (Wildman–Crippen MR) is 75.8 cm³/mol. The van der Waals surface area contributed by atoms with Crippen molar-refractivity contribution in [2.45, 2.75) is 18.9 Å². The van der Waals surface area contributed by atoms with Gasteiger partial charge in [-0.2, -0.15) is 4.39 Å². The number of anilines is 1. The lowest BCUT2D eigenvalue weighted by atomic mass is 10.0. The van der Waals surface area contributed by atoms with Crippen LogP contribution in [0.25, 0.3) is 0 Å². The third kappa shape index (κ3) is 2.58. The summed E-state index contributed by atoms with van der Waals surface area (Å²) in [4.78, 5) is 16.3. The first-order chi connectivity index (χ1) is 10.2.